The Morgan fingerprint density at radius 2 is 1.75 bits per heavy atom. The van der Waals surface area contributed by atoms with Crippen LogP contribution < -0.4 is 0 Å². The third kappa shape index (κ3) is 3.68. The maximum Gasteiger partial charge on any atom is 0.333 e. The van der Waals surface area contributed by atoms with Gasteiger partial charge in [-0.3, -0.25) is 9.69 Å². The summed E-state index contributed by atoms with van der Waals surface area (Å²) in [5.74, 6) is 1.02. The van der Waals surface area contributed by atoms with Gasteiger partial charge in [-0.15, -0.1) is 0 Å². The van der Waals surface area contributed by atoms with Crippen LogP contribution in [-0.4, -0.2) is 51.7 Å². The molecule has 0 radical (unpaired) electrons. The van der Waals surface area contributed by atoms with Crippen molar-refractivity contribution >= 4 is 5.91 Å². The van der Waals surface area contributed by atoms with E-state index in [2.05, 4.69) is 34.3 Å². The number of nitrogens with zero attached hydrogens (tertiary/aromatic N) is 4. The number of fused-ring (bicyclic) bond motifs is 1. The monoisotopic (exact) mass is 388 g/mol. The van der Waals surface area contributed by atoms with Gasteiger partial charge in [-0.25, -0.2) is 4.68 Å². The van der Waals surface area contributed by atoms with E-state index in [0.717, 1.165) is 32.7 Å². The van der Waals surface area contributed by atoms with Gasteiger partial charge >= 0.3 is 6.55 Å². The minimum absolute atomic E-state index is 0.0176. The zero-order valence-corrected chi connectivity index (χ0v) is 16.3. The number of hydrogen-bond donors (Lipinski definition) is 0. The van der Waals surface area contributed by atoms with Gasteiger partial charge in [0.1, 0.15) is 0 Å². The van der Waals surface area contributed by atoms with Crippen LogP contribution in [0.25, 0.3) is 0 Å². The van der Waals surface area contributed by atoms with E-state index in [0.29, 0.717) is 33.5 Å². The van der Waals surface area contributed by atoms with Crippen molar-refractivity contribution in [3.05, 3.63) is 52.8 Å². The molecule has 1 aromatic heterocycles. The molecule has 0 bridgehead atoms. The number of likely N-dealkylation sites (tertiary alicyclic amines) is 2. The number of benzene rings is 1. The van der Waals surface area contributed by atoms with Crippen molar-refractivity contribution in [1.82, 2.24) is 19.6 Å². The molecule has 2 aliphatic rings. The summed E-state index contributed by atoms with van der Waals surface area (Å²) in [4.78, 5) is 17.2. The number of halogens is 2. The van der Waals surface area contributed by atoms with E-state index in [1.165, 1.54) is 5.56 Å². The molecular formula is C21H26F2N4O. The van der Waals surface area contributed by atoms with E-state index < -0.39 is 6.55 Å². The Morgan fingerprint density at radius 3 is 2.32 bits per heavy atom. The summed E-state index contributed by atoms with van der Waals surface area (Å²) in [6.45, 7) is 5.10. The number of aryl methyl sites for hydroxylation is 1. The molecule has 4 rings (SSSR count). The molecule has 0 unspecified atom stereocenters. The molecule has 0 N–H and O–H groups in total. The fourth-order valence-electron chi connectivity index (χ4n) is 4.67. The molecule has 0 spiro atoms. The van der Waals surface area contributed by atoms with E-state index in [-0.39, 0.29) is 12.3 Å². The predicted molar refractivity (Wildman–Crippen MR) is 102 cm³/mol. The Morgan fingerprint density at radius 1 is 1.11 bits per heavy atom. The van der Waals surface area contributed by atoms with Gasteiger partial charge in [0.2, 0.25) is 5.91 Å². The molecule has 0 saturated carbocycles. The zero-order chi connectivity index (χ0) is 19.8. The number of rotatable bonds is 5. The summed E-state index contributed by atoms with van der Waals surface area (Å²) >= 11 is 0. The molecule has 5 nitrogen and oxygen atoms in total. The fourth-order valence-corrected chi connectivity index (χ4v) is 4.67. The molecule has 2 aliphatic heterocycles. The van der Waals surface area contributed by atoms with Gasteiger partial charge in [0, 0.05) is 44.0 Å². The highest BCUT2D eigenvalue weighted by Gasteiger charge is 2.41. The minimum atomic E-state index is -2.68. The first-order valence-electron chi connectivity index (χ1n) is 9.79. The summed E-state index contributed by atoms with van der Waals surface area (Å²) in [7, 11) is 0. The average Bonchev–Trinajstić information content (AvgIpc) is 3.29. The molecule has 1 aromatic carbocycles. The summed E-state index contributed by atoms with van der Waals surface area (Å²) in [6, 6.07) is 10.4. The molecule has 1 amide bonds. The highest BCUT2D eigenvalue weighted by atomic mass is 19.3. The number of alkyl halides is 2. The zero-order valence-electron chi connectivity index (χ0n) is 16.3. The maximum atomic E-state index is 13.0. The molecule has 2 aromatic rings. The maximum absolute atomic E-state index is 13.0. The minimum Gasteiger partial charge on any atom is -0.342 e. The van der Waals surface area contributed by atoms with Crippen LogP contribution in [-0.2, 0) is 17.8 Å². The second-order valence-electron chi connectivity index (χ2n) is 8.05. The molecule has 150 valence electrons. The molecule has 0 aliphatic carbocycles. The van der Waals surface area contributed by atoms with Gasteiger partial charge in [0.05, 0.1) is 12.1 Å². The first-order chi connectivity index (χ1) is 13.4. The van der Waals surface area contributed by atoms with Crippen LogP contribution in [0.2, 0.25) is 0 Å². The van der Waals surface area contributed by atoms with Crippen LogP contribution in [0.15, 0.2) is 30.3 Å². The van der Waals surface area contributed by atoms with Crippen molar-refractivity contribution in [2.75, 3.05) is 26.2 Å². The van der Waals surface area contributed by atoms with Gasteiger partial charge in [0.25, 0.3) is 0 Å². The lowest BCUT2D eigenvalue weighted by molar-refractivity contribution is -0.129. The summed E-state index contributed by atoms with van der Waals surface area (Å²) in [6.07, 6.45) is 0.150. The van der Waals surface area contributed by atoms with Crippen molar-refractivity contribution in [3.63, 3.8) is 0 Å². The lowest BCUT2D eigenvalue weighted by Crippen LogP contribution is -2.34. The Bertz CT molecular complexity index is 838. The van der Waals surface area contributed by atoms with Crippen molar-refractivity contribution in [1.29, 1.82) is 0 Å². The van der Waals surface area contributed by atoms with Gasteiger partial charge in [-0.05, 0) is 31.2 Å². The second-order valence-corrected chi connectivity index (χ2v) is 8.05. The number of carbonyl (C=O) groups excluding carboxylic acids is 1. The first kappa shape index (κ1) is 19.1. The third-order valence-electron chi connectivity index (χ3n) is 6.15. The van der Waals surface area contributed by atoms with E-state index in [4.69, 9.17) is 0 Å². The Kier molecular flexibility index (Phi) is 5.19. The van der Waals surface area contributed by atoms with E-state index in [1.54, 1.807) is 13.8 Å². The van der Waals surface area contributed by atoms with E-state index >= 15 is 0 Å². The lowest BCUT2D eigenvalue weighted by atomic mass is 10.0. The van der Waals surface area contributed by atoms with Crippen LogP contribution >= 0.6 is 0 Å². The lowest BCUT2D eigenvalue weighted by Gasteiger charge is -2.22. The molecule has 2 atom stereocenters. The van der Waals surface area contributed by atoms with Crippen LogP contribution in [0.5, 0.6) is 0 Å². The van der Waals surface area contributed by atoms with Crippen LogP contribution in [0.4, 0.5) is 8.78 Å². The van der Waals surface area contributed by atoms with Crippen LogP contribution in [0.1, 0.15) is 29.1 Å². The van der Waals surface area contributed by atoms with Crippen molar-refractivity contribution in [3.8, 4) is 0 Å². The van der Waals surface area contributed by atoms with E-state index in [9.17, 15) is 13.6 Å². The highest BCUT2D eigenvalue weighted by Crippen LogP contribution is 2.32. The van der Waals surface area contributed by atoms with Crippen molar-refractivity contribution in [2.24, 2.45) is 11.8 Å². The molecule has 28 heavy (non-hydrogen) atoms. The van der Waals surface area contributed by atoms with Gasteiger partial charge < -0.3 is 4.90 Å². The van der Waals surface area contributed by atoms with Crippen molar-refractivity contribution < 1.29 is 13.6 Å². The van der Waals surface area contributed by atoms with Gasteiger partial charge in [0.15, 0.2) is 0 Å². The van der Waals surface area contributed by atoms with Crippen LogP contribution in [0, 0.1) is 25.7 Å². The standard InChI is InChI=1S/C21H26F2N4O/c1-14-19(15(2)27(24-14)21(22)23)8-20(28)26-12-17-10-25(11-18(17)13-26)9-16-6-4-3-5-7-16/h3-7,17-18,21H,8-13H2,1-2H3/t17-,18-/m0/s1. The largest absolute Gasteiger partial charge is 0.342 e. The molecular weight excluding hydrogens is 362 g/mol. The van der Waals surface area contributed by atoms with E-state index in [1.807, 2.05) is 11.0 Å². The summed E-state index contributed by atoms with van der Waals surface area (Å²) in [5.41, 5.74) is 2.85. The Balaban J connectivity index is 1.34. The summed E-state index contributed by atoms with van der Waals surface area (Å²) < 4.78 is 26.7. The topological polar surface area (TPSA) is 41.4 Å². The number of carbonyl (C=O) groups is 1. The highest BCUT2D eigenvalue weighted by molar-refractivity contribution is 5.79. The third-order valence-corrected chi connectivity index (χ3v) is 6.15. The average molecular weight is 388 g/mol. The molecule has 3 heterocycles. The second kappa shape index (κ2) is 7.62. The van der Waals surface area contributed by atoms with Crippen molar-refractivity contribution in [2.45, 2.75) is 33.4 Å². The Hall–Kier alpha value is -2.28. The molecule has 7 heteroatoms. The quantitative estimate of drug-likeness (QED) is 0.791. The predicted octanol–water partition coefficient (Wildman–Crippen LogP) is 3.03. The smallest absolute Gasteiger partial charge is 0.333 e. The fraction of sp³-hybridized carbons (Fsp3) is 0.524. The van der Waals surface area contributed by atoms with Gasteiger partial charge in [-0.1, -0.05) is 30.3 Å². The number of aromatic nitrogens is 2. The van der Waals surface area contributed by atoms with Crippen LogP contribution in [0.3, 0.4) is 0 Å². The Labute approximate surface area is 163 Å². The molecule has 2 saturated heterocycles. The summed E-state index contributed by atoms with van der Waals surface area (Å²) in [5, 5.41) is 3.89. The number of hydrogen-bond acceptors (Lipinski definition) is 3. The molecule has 2 fully saturated rings. The number of amides is 1. The SMILES string of the molecule is Cc1nn(C(F)F)c(C)c1CC(=O)N1C[C@@H]2CN(Cc3ccccc3)C[C@H]2C1. The normalized spacial score (nSPS) is 22.2. The first-order valence-corrected chi connectivity index (χ1v) is 9.79. The van der Waals surface area contributed by atoms with Gasteiger partial charge in [-0.2, -0.15) is 13.9 Å².